The van der Waals surface area contributed by atoms with Crippen molar-refractivity contribution in [1.29, 1.82) is 0 Å². The number of rotatable bonds is 4. The van der Waals surface area contributed by atoms with Crippen molar-refractivity contribution >= 4 is 23.5 Å². The maximum absolute atomic E-state index is 5.69. The Morgan fingerprint density at radius 2 is 2.56 bits per heavy atom. The van der Waals surface area contributed by atoms with E-state index < -0.39 is 0 Å². The molecule has 0 bridgehead atoms. The number of thioether (sulfide) groups is 2. The van der Waals surface area contributed by atoms with Crippen LogP contribution in [-0.2, 0) is 6.54 Å². The Balaban J connectivity index is 2.14. The van der Waals surface area contributed by atoms with E-state index in [-0.39, 0.29) is 6.04 Å². The van der Waals surface area contributed by atoms with E-state index in [1.807, 2.05) is 35.9 Å². The summed E-state index contributed by atoms with van der Waals surface area (Å²) in [5.41, 5.74) is 2.93. The lowest BCUT2D eigenvalue weighted by Crippen LogP contribution is -2.39. The number of nitrogens with two attached hydrogens (primary N) is 1. The number of hydrogen-bond acceptors (Lipinski definition) is 5. The highest BCUT2D eigenvalue weighted by atomic mass is 32.2. The van der Waals surface area contributed by atoms with Gasteiger partial charge >= 0.3 is 0 Å². The Morgan fingerprint density at radius 1 is 1.69 bits per heavy atom. The molecule has 0 aromatic carbocycles. The van der Waals surface area contributed by atoms with E-state index in [1.54, 1.807) is 0 Å². The zero-order valence-electron chi connectivity index (χ0n) is 9.43. The van der Waals surface area contributed by atoms with Crippen LogP contribution in [0.25, 0.3) is 0 Å². The van der Waals surface area contributed by atoms with Gasteiger partial charge in [-0.25, -0.2) is 10.4 Å². The molecule has 1 aromatic heterocycles. The van der Waals surface area contributed by atoms with Gasteiger partial charge in [-0.1, -0.05) is 0 Å². The van der Waals surface area contributed by atoms with E-state index in [4.69, 9.17) is 5.84 Å². The minimum Gasteiger partial charge on any atom is -0.334 e. The Labute approximate surface area is 105 Å². The standard InChI is InChI=1S/C10H18N4S2/c1-2-14-4-3-12-10(14)9(13-11)8-7-15-5-6-16-8/h3-4,8-9,13H,2,5-7,11H2,1H3. The number of nitrogens with zero attached hydrogens (tertiary/aromatic N) is 2. The normalized spacial score (nSPS) is 23.2. The SMILES string of the molecule is CCn1ccnc1C(NN)C1CSCCS1. The molecule has 1 fully saturated rings. The highest BCUT2D eigenvalue weighted by molar-refractivity contribution is 8.06. The molecule has 3 N–H and O–H groups in total. The topological polar surface area (TPSA) is 55.9 Å². The minimum atomic E-state index is 0.160. The first-order chi connectivity index (χ1) is 7.86. The maximum Gasteiger partial charge on any atom is 0.128 e. The van der Waals surface area contributed by atoms with Crippen LogP contribution < -0.4 is 11.3 Å². The minimum absolute atomic E-state index is 0.160. The fourth-order valence-corrected chi connectivity index (χ4v) is 4.73. The average molecular weight is 258 g/mol. The molecule has 2 heterocycles. The third-order valence-electron chi connectivity index (χ3n) is 2.76. The van der Waals surface area contributed by atoms with Gasteiger partial charge in [0.05, 0.1) is 6.04 Å². The van der Waals surface area contributed by atoms with Crippen LogP contribution in [0.4, 0.5) is 0 Å². The van der Waals surface area contributed by atoms with E-state index in [2.05, 4.69) is 21.9 Å². The second kappa shape index (κ2) is 5.95. The lowest BCUT2D eigenvalue weighted by molar-refractivity contribution is 0.497. The molecule has 2 atom stereocenters. The number of aryl methyl sites for hydroxylation is 1. The first-order valence-corrected chi connectivity index (χ1v) is 7.73. The largest absolute Gasteiger partial charge is 0.334 e. The van der Waals surface area contributed by atoms with E-state index >= 15 is 0 Å². The van der Waals surface area contributed by atoms with Crippen molar-refractivity contribution in [2.75, 3.05) is 17.3 Å². The van der Waals surface area contributed by atoms with E-state index in [9.17, 15) is 0 Å². The Bertz CT molecular complexity index is 322. The van der Waals surface area contributed by atoms with Crippen molar-refractivity contribution in [3.05, 3.63) is 18.2 Å². The fourth-order valence-electron chi connectivity index (χ4n) is 1.91. The van der Waals surface area contributed by atoms with Gasteiger partial charge in [0.1, 0.15) is 5.82 Å². The van der Waals surface area contributed by atoms with Crippen LogP contribution in [0, 0.1) is 0 Å². The van der Waals surface area contributed by atoms with E-state index in [0.717, 1.165) is 18.1 Å². The molecular weight excluding hydrogens is 240 g/mol. The Morgan fingerprint density at radius 3 is 3.19 bits per heavy atom. The summed E-state index contributed by atoms with van der Waals surface area (Å²) in [5.74, 6) is 10.4. The molecule has 6 heteroatoms. The third-order valence-corrected chi connectivity index (χ3v) is 5.62. The van der Waals surface area contributed by atoms with Crippen LogP contribution in [-0.4, -0.2) is 32.1 Å². The van der Waals surface area contributed by atoms with E-state index in [1.165, 1.54) is 11.5 Å². The molecule has 0 spiro atoms. The number of hydrogen-bond donors (Lipinski definition) is 2. The summed E-state index contributed by atoms with van der Waals surface area (Å²) in [6, 6.07) is 0.160. The van der Waals surface area contributed by atoms with Gasteiger partial charge in [0.25, 0.3) is 0 Å². The summed E-state index contributed by atoms with van der Waals surface area (Å²) in [5, 5.41) is 0.524. The van der Waals surface area contributed by atoms with Crippen LogP contribution >= 0.6 is 23.5 Å². The van der Waals surface area contributed by atoms with Crippen molar-refractivity contribution in [3.8, 4) is 0 Å². The predicted octanol–water partition coefficient (Wildman–Crippen LogP) is 1.26. The number of aromatic nitrogens is 2. The molecule has 0 saturated carbocycles. The molecule has 16 heavy (non-hydrogen) atoms. The highest BCUT2D eigenvalue weighted by Crippen LogP contribution is 2.32. The molecule has 0 amide bonds. The lowest BCUT2D eigenvalue weighted by Gasteiger charge is -2.28. The van der Waals surface area contributed by atoms with Gasteiger partial charge in [-0.05, 0) is 6.92 Å². The molecule has 1 aliphatic rings. The summed E-state index contributed by atoms with van der Waals surface area (Å²) in [7, 11) is 0. The molecule has 90 valence electrons. The number of imidazole rings is 1. The van der Waals surface area contributed by atoms with Crippen LogP contribution in [0.2, 0.25) is 0 Å². The van der Waals surface area contributed by atoms with Crippen LogP contribution in [0.1, 0.15) is 18.8 Å². The van der Waals surface area contributed by atoms with Crippen molar-refractivity contribution in [2.45, 2.75) is 24.8 Å². The Hall–Kier alpha value is -0.170. The van der Waals surface area contributed by atoms with E-state index in [0.29, 0.717) is 5.25 Å². The highest BCUT2D eigenvalue weighted by Gasteiger charge is 2.27. The zero-order valence-corrected chi connectivity index (χ0v) is 11.1. The summed E-state index contributed by atoms with van der Waals surface area (Å²) in [4.78, 5) is 4.43. The van der Waals surface area contributed by atoms with Crippen molar-refractivity contribution < 1.29 is 0 Å². The van der Waals surface area contributed by atoms with Crippen LogP contribution in [0.3, 0.4) is 0 Å². The average Bonchev–Trinajstić information content (AvgIpc) is 2.80. The zero-order chi connectivity index (χ0) is 11.4. The van der Waals surface area contributed by atoms with Crippen molar-refractivity contribution in [3.63, 3.8) is 0 Å². The third kappa shape index (κ3) is 2.56. The Kier molecular flexibility index (Phi) is 4.57. The predicted molar refractivity (Wildman–Crippen MR) is 71.5 cm³/mol. The van der Waals surface area contributed by atoms with Gasteiger partial charge < -0.3 is 4.57 Å². The second-order valence-corrected chi connectivity index (χ2v) is 6.20. The smallest absolute Gasteiger partial charge is 0.128 e. The molecular formula is C10H18N4S2. The molecule has 1 saturated heterocycles. The summed E-state index contributed by atoms with van der Waals surface area (Å²) < 4.78 is 2.16. The maximum atomic E-state index is 5.69. The first-order valence-electron chi connectivity index (χ1n) is 5.53. The van der Waals surface area contributed by atoms with Crippen molar-refractivity contribution in [1.82, 2.24) is 15.0 Å². The van der Waals surface area contributed by atoms with Gasteiger partial charge in [-0.3, -0.25) is 5.84 Å². The summed E-state index contributed by atoms with van der Waals surface area (Å²) >= 11 is 4.00. The molecule has 1 aliphatic heterocycles. The fraction of sp³-hybridized carbons (Fsp3) is 0.700. The van der Waals surface area contributed by atoms with Crippen molar-refractivity contribution in [2.24, 2.45) is 5.84 Å². The second-order valence-electron chi connectivity index (χ2n) is 3.70. The molecule has 4 nitrogen and oxygen atoms in total. The summed E-state index contributed by atoms with van der Waals surface area (Å²) in [6.45, 7) is 3.07. The molecule has 0 radical (unpaired) electrons. The van der Waals surface area contributed by atoms with Gasteiger partial charge in [0.2, 0.25) is 0 Å². The molecule has 2 rings (SSSR count). The van der Waals surface area contributed by atoms with Crippen LogP contribution in [0.5, 0.6) is 0 Å². The quantitative estimate of drug-likeness (QED) is 0.629. The van der Waals surface area contributed by atoms with Gasteiger partial charge in [0, 0.05) is 41.4 Å². The summed E-state index contributed by atoms with van der Waals surface area (Å²) in [6.07, 6.45) is 3.87. The number of nitrogens with one attached hydrogen (secondary N) is 1. The molecule has 2 unspecified atom stereocenters. The van der Waals surface area contributed by atoms with Gasteiger partial charge in [0.15, 0.2) is 0 Å². The molecule has 0 aliphatic carbocycles. The van der Waals surface area contributed by atoms with Gasteiger partial charge in [-0.2, -0.15) is 23.5 Å². The van der Waals surface area contributed by atoms with Gasteiger partial charge in [-0.15, -0.1) is 0 Å². The first kappa shape index (κ1) is 12.3. The monoisotopic (exact) mass is 258 g/mol. The number of hydrazine groups is 1. The van der Waals surface area contributed by atoms with Crippen LogP contribution in [0.15, 0.2) is 12.4 Å². The lowest BCUT2D eigenvalue weighted by atomic mass is 10.2. The molecule has 1 aromatic rings.